The van der Waals surface area contributed by atoms with Crippen molar-refractivity contribution in [1.82, 2.24) is 4.98 Å². The van der Waals surface area contributed by atoms with Gasteiger partial charge in [0.25, 0.3) is 5.13 Å². The number of nitrogens with zero attached hydrogens (tertiary/aromatic N) is 1. The van der Waals surface area contributed by atoms with Crippen LogP contribution in [0.2, 0.25) is 0 Å². The van der Waals surface area contributed by atoms with E-state index in [1.807, 2.05) is 12.3 Å². The number of carbonyl (C=O) groups is 2. The van der Waals surface area contributed by atoms with Crippen LogP contribution in [-0.2, 0) is 4.79 Å². The lowest BCUT2D eigenvalue weighted by atomic mass is 9.95. The molecule has 1 aromatic heterocycles. The lowest BCUT2D eigenvalue weighted by Gasteiger charge is -2.21. The van der Waals surface area contributed by atoms with Gasteiger partial charge in [-0.1, -0.05) is 11.3 Å². The summed E-state index contributed by atoms with van der Waals surface area (Å²) in [6.45, 7) is 4.52. The van der Waals surface area contributed by atoms with E-state index < -0.39 is 17.6 Å². The highest BCUT2D eigenvalue weighted by Gasteiger charge is 2.34. The summed E-state index contributed by atoms with van der Waals surface area (Å²) in [5.74, 6) is -2.50. The molecule has 8 heteroatoms. The number of carboxylic acids is 1. The van der Waals surface area contributed by atoms with E-state index in [1.165, 1.54) is 41.7 Å². The van der Waals surface area contributed by atoms with Gasteiger partial charge in [-0.15, -0.1) is 0 Å². The van der Waals surface area contributed by atoms with E-state index >= 15 is 0 Å². The van der Waals surface area contributed by atoms with Crippen molar-refractivity contribution < 1.29 is 28.9 Å². The second-order valence-corrected chi connectivity index (χ2v) is 8.01. The molecule has 0 radical (unpaired) electrons. The van der Waals surface area contributed by atoms with Gasteiger partial charge < -0.3 is 5.11 Å². The van der Waals surface area contributed by atoms with Gasteiger partial charge in [0, 0.05) is 17.0 Å². The van der Waals surface area contributed by atoms with Crippen LogP contribution in [0.3, 0.4) is 0 Å². The first-order valence-corrected chi connectivity index (χ1v) is 10.4. The molecule has 2 aliphatic heterocycles. The summed E-state index contributed by atoms with van der Waals surface area (Å²) in [5.41, 5.74) is 1.29. The number of quaternary nitrogens is 2. The first-order valence-electron chi connectivity index (χ1n) is 9.50. The second-order valence-electron chi connectivity index (χ2n) is 7.15. The van der Waals surface area contributed by atoms with Crippen molar-refractivity contribution in [3.8, 4) is 11.3 Å². The standard InChI is InChI=1S/C20H20FN3O3S/c1-2-23-10-14(19(26)27)18(25)13-8-15(21)12(9-17(13)23)16-11-28-20(22-16)24-6-4-3-5-7-24/h8-11H,2-7H2,1H3,(H,26,27)/p+2. The molecule has 146 valence electrons. The quantitative estimate of drug-likeness (QED) is 0.674. The number of carbonyl (C=O) groups excluding carboxylic acids is 1. The maximum Gasteiger partial charge on any atom is 0.345 e. The molecule has 1 aromatic carbocycles. The molecule has 2 aliphatic rings. The molecule has 1 saturated heterocycles. The molecule has 1 fully saturated rings. The van der Waals surface area contributed by atoms with Gasteiger partial charge in [-0.05, 0) is 32.3 Å². The van der Waals surface area contributed by atoms with Crippen LogP contribution in [0.25, 0.3) is 11.3 Å². The number of nitrogens with one attached hydrogen (secondary N) is 2. The van der Waals surface area contributed by atoms with Crippen molar-refractivity contribution in [2.24, 2.45) is 0 Å². The Balaban J connectivity index is 1.73. The number of hydrogen-bond acceptors (Lipinski definition) is 4. The van der Waals surface area contributed by atoms with Gasteiger partial charge in [-0.2, -0.15) is 4.98 Å². The fourth-order valence-electron chi connectivity index (χ4n) is 3.89. The Labute approximate surface area is 165 Å². The lowest BCUT2D eigenvalue weighted by molar-refractivity contribution is -0.837. The number of Topliss-reactive ketones (excluding diaryl/α,β-unsaturated/α-hetero) is 1. The molecule has 3 N–H and O–H groups in total. The summed E-state index contributed by atoms with van der Waals surface area (Å²) in [5, 5.41) is 12.1. The van der Waals surface area contributed by atoms with Crippen LogP contribution in [0.4, 0.5) is 15.2 Å². The van der Waals surface area contributed by atoms with Crippen LogP contribution < -0.4 is 9.80 Å². The van der Waals surface area contributed by atoms with Crippen molar-refractivity contribution in [3.63, 3.8) is 0 Å². The highest BCUT2D eigenvalue weighted by atomic mass is 32.1. The maximum atomic E-state index is 14.9. The number of halogens is 1. The minimum atomic E-state index is -1.29. The van der Waals surface area contributed by atoms with E-state index in [9.17, 15) is 19.1 Å². The Morgan fingerprint density at radius 2 is 2.00 bits per heavy atom. The molecule has 1 atom stereocenters. The van der Waals surface area contributed by atoms with Crippen LogP contribution >= 0.6 is 11.3 Å². The third kappa shape index (κ3) is 3.28. The zero-order valence-corrected chi connectivity index (χ0v) is 16.4. The SMILES string of the molecule is CC[NH+]1C=C(C(=O)O)C(=O)c2cc(F)c(-c3csc([NH+]4CCCCC4)n3)cc21. The third-order valence-corrected chi connectivity index (χ3v) is 6.36. The van der Waals surface area contributed by atoms with Gasteiger partial charge in [0.15, 0.2) is 5.57 Å². The summed E-state index contributed by atoms with van der Waals surface area (Å²) in [7, 11) is 0. The van der Waals surface area contributed by atoms with Crippen LogP contribution in [-0.4, -0.2) is 41.5 Å². The molecule has 28 heavy (non-hydrogen) atoms. The number of aliphatic carboxylic acids is 1. The van der Waals surface area contributed by atoms with E-state index in [-0.39, 0.29) is 11.1 Å². The Bertz CT molecular complexity index is 979. The minimum Gasteiger partial charge on any atom is -0.477 e. The number of benzene rings is 1. The van der Waals surface area contributed by atoms with Crippen molar-refractivity contribution in [3.05, 3.63) is 40.7 Å². The van der Waals surface area contributed by atoms with Gasteiger partial charge in [0.2, 0.25) is 5.78 Å². The number of hydrogen-bond donors (Lipinski definition) is 3. The summed E-state index contributed by atoms with van der Waals surface area (Å²) < 4.78 is 14.9. The van der Waals surface area contributed by atoms with E-state index in [2.05, 4.69) is 4.98 Å². The van der Waals surface area contributed by atoms with Crippen molar-refractivity contribution in [2.75, 3.05) is 19.6 Å². The third-order valence-electron chi connectivity index (χ3n) is 5.41. The maximum absolute atomic E-state index is 14.9. The summed E-state index contributed by atoms with van der Waals surface area (Å²) >= 11 is 1.53. The van der Waals surface area contributed by atoms with Gasteiger partial charge in [0.05, 0.1) is 30.9 Å². The average Bonchev–Trinajstić information content (AvgIpc) is 3.18. The Morgan fingerprint density at radius 1 is 1.25 bits per heavy atom. The lowest BCUT2D eigenvalue weighted by Crippen LogP contribution is -3.08. The van der Waals surface area contributed by atoms with Crippen LogP contribution in [0.1, 0.15) is 36.5 Å². The summed E-state index contributed by atoms with van der Waals surface area (Å²) in [6, 6.07) is 2.80. The molecular weight excluding hydrogens is 381 g/mol. The monoisotopic (exact) mass is 403 g/mol. The van der Waals surface area contributed by atoms with Gasteiger partial charge in [-0.25, -0.2) is 9.18 Å². The molecule has 0 bridgehead atoms. The van der Waals surface area contributed by atoms with Gasteiger partial charge >= 0.3 is 5.97 Å². The smallest absolute Gasteiger partial charge is 0.345 e. The number of ketones is 1. The molecule has 0 spiro atoms. The van der Waals surface area contributed by atoms with Crippen LogP contribution in [0.5, 0.6) is 0 Å². The van der Waals surface area contributed by atoms with Crippen molar-refractivity contribution in [2.45, 2.75) is 26.2 Å². The van der Waals surface area contributed by atoms with Crippen LogP contribution in [0, 0.1) is 5.82 Å². The Kier molecular flexibility index (Phi) is 5.09. The number of carboxylic acid groups (broad SMARTS) is 1. The first-order chi connectivity index (χ1) is 13.5. The molecule has 1 unspecified atom stereocenters. The summed E-state index contributed by atoms with van der Waals surface area (Å²) in [4.78, 5) is 30.6. The van der Waals surface area contributed by atoms with Gasteiger partial charge in [-0.3, -0.25) is 14.6 Å². The Hall–Kier alpha value is -2.42. The normalized spacial score (nSPS) is 20.0. The Morgan fingerprint density at radius 3 is 2.68 bits per heavy atom. The fraction of sp³-hybridized carbons (Fsp3) is 0.350. The van der Waals surface area contributed by atoms with E-state index in [0.717, 1.165) is 24.3 Å². The van der Waals surface area contributed by atoms with Crippen molar-refractivity contribution in [1.29, 1.82) is 0 Å². The number of rotatable bonds is 4. The first kappa shape index (κ1) is 18.9. The molecule has 0 amide bonds. The molecule has 2 aromatic rings. The predicted molar refractivity (Wildman–Crippen MR) is 103 cm³/mol. The molecule has 3 heterocycles. The molecular formula is C20H22FN3O3S+2. The van der Waals surface area contributed by atoms with E-state index in [4.69, 9.17) is 0 Å². The zero-order valence-electron chi connectivity index (χ0n) is 15.5. The molecule has 4 rings (SSSR count). The van der Waals surface area contributed by atoms with Crippen molar-refractivity contribution >= 4 is 33.9 Å². The van der Waals surface area contributed by atoms with E-state index in [1.54, 1.807) is 6.07 Å². The number of piperidine rings is 1. The highest BCUT2D eigenvalue weighted by Crippen LogP contribution is 2.31. The molecule has 0 saturated carbocycles. The van der Waals surface area contributed by atoms with E-state index in [0.29, 0.717) is 28.4 Å². The molecule has 6 nitrogen and oxygen atoms in total. The number of thiazole rings is 1. The average molecular weight is 403 g/mol. The number of aromatic nitrogens is 1. The fourth-order valence-corrected chi connectivity index (χ4v) is 4.81. The number of fused-ring (bicyclic) bond motifs is 1. The van der Waals surface area contributed by atoms with Gasteiger partial charge in [0.1, 0.15) is 17.7 Å². The zero-order chi connectivity index (χ0) is 19.8. The highest BCUT2D eigenvalue weighted by molar-refractivity contribution is 7.13. The largest absolute Gasteiger partial charge is 0.477 e. The second kappa shape index (κ2) is 7.54. The summed E-state index contributed by atoms with van der Waals surface area (Å²) in [6.07, 6.45) is 5.00. The molecule has 0 aliphatic carbocycles. The minimum absolute atomic E-state index is 0.107. The topological polar surface area (TPSA) is 76.1 Å². The van der Waals surface area contributed by atoms with Crippen LogP contribution in [0.15, 0.2) is 29.3 Å². The predicted octanol–water partition coefficient (Wildman–Crippen LogP) is 1.35.